The van der Waals surface area contributed by atoms with E-state index < -0.39 is 0 Å². The summed E-state index contributed by atoms with van der Waals surface area (Å²) < 4.78 is 9.85. The van der Waals surface area contributed by atoms with Gasteiger partial charge in [-0.05, 0) is 37.5 Å². The smallest absolute Gasteiger partial charge is 0.298 e. The van der Waals surface area contributed by atoms with Gasteiger partial charge in [0.15, 0.2) is 0 Å². The summed E-state index contributed by atoms with van der Waals surface area (Å²) in [4.78, 5) is 4.33. The summed E-state index contributed by atoms with van der Waals surface area (Å²) in [6.07, 6.45) is 2.36. The Morgan fingerprint density at radius 2 is 2.18 bits per heavy atom. The van der Waals surface area contributed by atoms with E-state index in [0.29, 0.717) is 16.9 Å². The third-order valence-electron chi connectivity index (χ3n) is 2.61. The highest BCUT2D eigenvalue weighted by molar-refractivity contribution is 7.07. The Balaban J connectivity index is 1.80. The van der Waals surface area contributed by atoms with Gasteiger partial charge in [0.2, 0.25) is 0 Å². The molecule has 1 fully saturated rings. The Kier molecular flexibility index (Phi) is 2.48. The molecule has 88 valence electrons. The molecule has 0 amide bonds. The second kappa shape index (κ2) is 4.00. The molecule has 1 aliphatic rings. The van der Waals surface area contributed by atoms with Crippen molar-refractivity contribution in [2.24, 2.45) is 0 Å². The lowest BCUT2D eigenvalue weighted by Crippen LogP contribution is -1.86. The van der Waals surface area contributed by atoms with Gasteiger partial charge in [-0.2, -0.15) is 9.36 Å². The molecule has 1 heterocycles. The normalized spacial score (nSPS) is 14.9. The zero-order valence-electron chi connectivity index (χ0n) is 9.38. The minimum absolute atomic E-state index is 0.201. The van der Waals surface area contributed by atoms with Gasteiger partial charge in [0.05, 0.1) is 0 Å². The number of phenolic OH excluding ortho intramolecular Hbond substituents is 1. The van der Waals surface area contributed by atoms with Crippen molar-refractivity contribution < 1.29 is 9.84 Å². The van der Waals surface area contributed by atoms with Gasteiger partial charge in [-0.25, -0.2) is 0 Å². The van der Waals surface area contributed by atoms with E-state index in [4.69, 9.17) is 4.74 Å². The Bertz CT molecular complexity index is 529. The minimum Gasteiger partial charge on any atom is -0.508 e. The van der Waals surface area contributed by atoms with Crippen LogP contribution in [0.4, 0.5) is 0 Å². The van der Waals surface area contributed by atoms with E-state index in [1.807, 2.05) is 13.0 Å². The third-order valence-corrected chi connectivity index (χ3v) is 3.22. The van der Waals surface area contributed by atoms with Crippen LogP contribution in [0.1, 0.15) is 30.1 Å². The van der Waals surface area contributed by atoms with E-state index in [2.05, 4.69) is 9.36 Å². The standard InChI is InChI=1S/C12H12N2O2S/c1-7-4-9(15)6-10(5-7)16-12-13-11(14-17-12)8-2-3-8/h4-6,8,15H,2-3H2,1H3. The molecule has 3 rings (SSSR count). The average molecular weight is 248 g/mol. The monoisotopic (exact) mass is 248 g/mol. The molecule has 0 aliphatic heterocycles. The van der Waals surface area contributed by atoms with Crippen molar-refractivity contribution in [1.29, 1.82) is 0 Å². The first-order valence-corrected chi connectivity index (χ1v) is 6.30. The zero-order chi connectivity index (χ0) is 11.8. The SMILES string of the molecule is Cc1cc(O)cc(Oc2nc(C3CC3)ns2)c1. The van der Waals surface area contributed by atoms with Gasteiger partial charge in [-0.3, -0.25) is 0 Å². The molecule has 0 radical (unpaired) electrons. The van der Waals surface area contributed by atoms with Crippen molar-refractivity contribution >= 4 is 11.5 Å². The Labute approximate surface area is 103 Å². The van der Waals surface area contributed by atoms with Crippen LogP contribution in [0.2, 0.25) is 0 Å². The summed E-state index contributed by atoms with van der Waals surface area (Å²) >= 11 is 1.26. The fourth-order valence-corrected chi connectivity index (χ4v) is 2.29. The molecule has 4 nitrogen and oxygen atoms in total. The van der Waals surface area contributed by atoms with Crippen molar-refractivity contribution in [3.8, 4) is 16.7 Å². The predicted octanol–water partition coefficient (Wildman–Crippen LogP) is 3.22. The third kappa shape index (κ3) is 2.39. The Morgan fingerprint density at radius 1 is 1.35 bits per heavy atom. The predicted molar refractivity (Wildman–Crippen MR) is 64.8 cm³/mol. The maximum atomic E-state index is 9.46. The summed E-state index contributed by atoms with van der Waals surface area (Å²) in [5, 5.41) is 10.0. The van der Waals surface area contributed by atoms with Crippen LogP contribution in [0.5, 0.6) is 16.7 Å². The second-order valence-corrected chi connectivity index (χ2v) is 5.01. The number of ether oxygens (including phenoxy) is 1. The first kappa shape index (κ1) is 10.5. The molecule has 2 aromatic rings. The van der Waals surface area contributed by atoms with Gasteiger partial charge in [0, 0.05) is 23.5 Å². The summed E-state index contributed by atoms with van der Waals surface area (Å²) in [5.74, 6) is 2.23. The molecule has 1 aliphatic carbocycles. The zero-order valence-corrected chi connectivity index (χ0v) is 10.2. The Hall–Kier alpha value is -1.62. The van der Waals surface area contributed by atoms with Crippen LogP contribution < -0.4 is 4.74 Å². The maximum absolute atomic E-state index is 9.46. The topological polar surface area (TPSA) is 55.2 Å². The molecule has 0 bridgehead atoms. The van der Waals surface area contributed by atoms with Crippen molar-refractivity contribution in [3.63, 3.8) is 0 Å². The van der Waals surface area contributed by atoms with Gasteiger partial charge < -0.3 is 9.84 Å². The second-order valence-electron chi connectivity index (χ2n) is 4.30. The minimum atomic E-state index is 0.201. The number of rotatable bonds is 3. The first-order valence-electron chi connectivity index (χ1n) is 5.53. The highest BCUT2D eigenvalue weighted by atomic mass is 32.1. The van der Waals surface area contributed by atoms with Gasteiger partial charge >= 0.3 is 0 Å². The van der Waals surface area contributed by atoms with Crippen LogP contribution in [-0.2, 0) is 0 Å². The van der Waals surface area contributed by atoms with Crippen molar-refractivity contribution in [1.82, 2.24) is 9.36 Å². The van der Waals surface area contributed by atoms with E-state index in [-0.39, 0.29) is 5.75 Å². The lowest BCUT2D eigenvalue weighted by atomic mass is 10.2. The number of aromatic nitrogens is 2. The molecule has 1 N–H and O–H groups in total. The molecule has 0 saturated heterocycles. The number of hydrogen-bond donors (Lipinski definition) is 1. The summed E-state index contributed by atoms with van der Waals surface area (Å²) in [6, 6.07) is 5.12. The molecule has 1 aromatic heterocycles. The maximum Gasteiger partial charge on any atom is 0.298 e. The summed E-state index contributed by atoms with van der Waals surface area (Å²) in [7, 11) is 0. The first-order chi connectivity index (χ1) is 8.20. The van der Waals surface area contributed by atoms with Crippen molar-refractivity contribution in [2.45, 2.75) is 25.7 Å². The summed E-state index contributed by atoms with van der Waals surface area (Å²) in [5.41, 5.74) is 0.951. The van der Waals surface area contributed by atoms with Crippen molar-refractivity contribution in [2.75, 3.05) is 0 Å². The number of aromatic hydroxyl groups is 1. The highest BCUT2D eigenvalue weighted by Gasteiger charge is 2.28. The number of hydrogen-bond acceptors (Lipinski definition) is 5. The van der Waals surface area contributed by atoms with E-state index in [1.54, 1.807) is 12.1 Å². The van der Waals surface area contributed by atoms with Gasteiger partial charge in [0.1, 0.15) is 17.3 Å². The summed E-state index contributed by atoms with van der Waals surface area (Å²) in [6.45, 7) is 1.91. The molecule has 5 heteroatoms. The largest absolute Gasteiger partial charge is 0.508 e. The van der Waals surface area contributed by atoms with Crippen LogP contribution in [0, 0.1) is 6.92 Å². The molecular weight excluding hydrogens is 236 g/mol. The number of benzene rings is 1. The quantitative estimate of drug-likeness (QED) is 0.906. The molecule has 0 spiro atoms. The lowest BCUT2D eigenvalue weighted by Gasteiger charge is -2.03. The van der Waals surface area contributed by atoms with E-state index >= 15 is 0 Å². The van der Waals surface area contributed by atoms with E-state index in [9.17, 15) is 5.11 Å². The van der Waals surface area contributed by atoms with Crippen LogP contribution >= 0.6 is 11.5 Å². The fourth-order valence-electron chi connectivity index (χ4n) is 1.66. The van der Waals surface area contributed by atoms with Crippen LogP contribution in [0.15, 0.2) is 18.2 Å². The molecule has 1 saturated carbocycles. The van der Waals surface area contributed by atoms with E-state index in [0.717, 1.165) is 11.4 Å². The van der Waals surface area contributed by atoms with Crippen LogP contribution in [0.3, 0.4) is 0 Å². The number of nitrogens with zero attached hydrogens (tertiary/aromatic N) is 2. The molecular formula is C12H12N2O2S. The highest BCUT2D eigenvalue weighted by Crippen LogP contribution is 2.40. The Morgan fingerprint density at radius 3 is 2.88 bits per heavy atom. The number of aryl methyl sites for hydroxylation is 1. The van der Waals surface area contributed by atoms with Gasteiger partial charge in [-0.1, -0.05) is 0 Å². The molecule has 0 unspecified atom stereocenters. The fraction of sp³-hybridized carbons (Fsp3) is 0.333. The molecule has 17 heavy (non-hydrogen) atoms. The lowest BCUT2D eigenvalue weighted by molar-refractivity contribution is 0.452. The van der Waals surface area contributed by atoms with Crippen LogP contribution in [-0.4, -0.2) is 14.5 Å². The average Bonchev–Trinajstić information content (AvgIpc) is 2.99. The van der Waals surface area contributed by atoms with Gasteiger partial charge in [-0.15, -0.1) is 0 Å². The van der Waals surface area contributed by atoms with Crippen LogP contribution in [0.25, 0.3) is 0 Å². The van der Waals surface area contributed by atoms with Crippen molar-refractivity contribution in [3.05, 3.63) is 29.6 Å². The molecule has 0 atom stereocenters. The molecule has 1 aromatic carbocycles. The van der Waals surface area contributed by atoms with E-state index in [1.165, 1.54) is 24.4 Å². The van der Waals surface area contributed by atoms with Gasteiger partial charge in [0.25, 0.3) is 5.19 Å². The number of phenols is 1.